The lowest BCUT2D eigenvalue weighted by molar-refractivity contribution is 0.00578. The van der Waals surface area contributed by atoms with E-state index in [1.54, 1.807) is 7.11 Å². The van der Waals surface area contributed by atoms with Crippen LogP contribution < -0.4 is 5.46 Å². The van der Waals surface area contributed by atoms with Crippen LogP contribution in [0.5, 0.6) is 0 Å². The van der Waals surface area contributed by atoms with Crippen LogP contribution in [0.1, 0.15) is 65.1 Å². The maximum atomic E-state index is 14.8. The molecule has 0 spiro atoms. The largest absolute Gasteiger partial charge is 0.495 e. The molecule has 0 radical (unpaired) electrons. The van der Waals surface area contributed by atoms with E-state index in [4.69, 9.17) is 14.0 Å². The molecule has 4 rings (SSSR count). The third-order valence-corrected chi connectivity index (χ3v) is 6.45. The van der Waals surface area contributed by atoms with Gasteiger partial charge in [-0.25, -0.2) is 9.37 Å². The molecule has 1 aliphatic heterocycles. The average molecular weight is 374 g/mol. The van der Waals surface area contributed by atoms with E-state index in [0.717, 1.165) is 31.5 Å². The van der Waals surface area contributed by atoms with Crippen molar-refractivity contribution < 1.29 is 18.4 Å². The molecule has 0 bridgehead atoms. The van der Waals surface area contributed by atoms with Crippen LogP contribution in [0.2, 0.25) is 0 Å². The standard InChI is InChI=1S/C20H28BFN2O3/c1-19(2)20(3,4)27-21(26-19)13-10-15(22)17-16(11-13)23-18(24-17)12-7-6-8-14(9-12)25-5/h10-12,14H,6-9H2,1-5H3,(H,23,24)/t12-,14-/m1/s1. The van der Waals surface area contributed by atoms with Crippen molar-refractivity contribution >= 4 is 23.6 Å². The first-order valence-corrected chi connectivity index (χ1v) is 9.77. The highest BCUT2D eigenvalue weighted by Crippen LogP contribution is 2.37. The molecular weight excluding hydrogens is 346 g/mol. The van der Waals surface area contributed by atoms with Crippen LogP contribution >= 0.6 is 0 Å². The molecule has 2 atom stereocenters. The van der Waals surface area contributed by atoms with E-state index >= 15 is 0 Å². The van der Waals surface area contributed by atoms with Gasteiger partial charge in [0.1, 0.15) is 11.3 Å². The summed E-state index contributed by atoms with van der Waals surface area (Å²) in [6.45, 7) is 7.97. The van der Waals surface area contributed by atoms with Crippen LogP contribution in [0.25, 0.3) is 11.0 Å². The molecule has 27 heavy (non-hydrogen) atoms. The first kappa shape index (κ1) is 18.9. The number of aromatic amines is 1. The van der Waals surface area contributed by atoms with Crippen LogP contribution in [0.3, 0.4) is 0 Å². The summed E-state index contributed by atoms with van der Waals surface area (Å²) in [4.78, 5) is 7.90. The zero-order valence-corrected chi connectivity index (χ0v) is 16.8. The van der Waals surface area contributed by atoms with Crippen LogP contribution in [-0.2, 0) is 14.0 Å². The zero-order chi connectivity index (χ0) is 19.4. The number of rotatable bonds is 3. The van der Waals surface area contributed by atoms with Crippen molar-refractivity contribution in [3.05, 3.63) is 23.8 Å². The number of imidazole rings is 1. The van der Waals surface area contributed by atoms with Crippen molar-refractivity contribution in [1.82, 2.24) is 9.97 Å². The van der Waals surface area contributed by atoms with E-state index in [1.165, 1.54) is 6.07 Å². The molecule has 7 heteroatoms. The monoisotopic (exact) mass is 374 g/mol. The van der Waals surface area contributed by atoms with Gasteiger partial charge in [-0.05, 0) is 64.6 Å². The predicted molar refractivity (Wildman–Crippen MR) is 104 cm³/mol. The molecule has 1 aromatic carbocycles. The molecule has 1 N–H and O–H groups in total. The summed E-state index contributed by atoms with van der Waals surface area (Å²) in [5, 5.41) is 0. The molecule has 2 fully saturated rings. The normalized spacial score (nSPS) is 27.4. The lowest BCUT2D eigenvalue weighted by Crippen LogP contribution is -2.41. The van der Waals surface area contributed by atoms with Crippen LogP contribution in [0.4, 0.5) is 4.39 Å². The Morgan fingerprint density at radius 2 is 1.89 bits per heavy atom. The van der Waals surface area contributed by atoms with Crippen molar-refractivity contribution in [2.45, 2.75) is 76.6 Å². The van der Waals surface area contributed by atoms with Gasteiger partial charge in [-0.1, -0.05) is 6.42 Å². The summed E-state index contributed by atoms with van der Waals surface area (Å²) in [7, 11) is 1.16. The molecular formula is C20H28BFN2O3. The molecule has 2 aliphatic rings. The first-order valence-electron chi connectivity index (χ1n) is 9.77. The highest BCUT2D eigenvalue weighted by Gasteiger charge is 2.51. The van der Waals surface area contributed by atoms with E-state index in [1.807, 2.05) is 33.8 Å². The number of halogens is 1. The Balaban J connectivity index is 1.65. The molecule has 1 aromatic heterocycles. The Morgan fingerprint density at radius 3 is 2.56 bits per heavy atom. The first-order chi connectivity index (χ1) is 12.7. The maximum Gasteiger partial charge on any atom is 0.495 e. The number of nitrogens with one attached hydrogen (secondary N) is 1. The second kappa shape index (κ2) is 6.57. The van der Waals surface area contributed by atoms with Crippen molar-refractivity contribution in [2.24, 2.45) is 0 Å². The fourth-order valence-electron chi connectivity index (χ4n) is 4.03. The number of fused-ring (bicyclic) bond motifs is 1. The SMILES string of the molecule is CO[C@@H]1CCC[C@@H](c2nc3c(F)cc(B4OC(C)(C)C(C)(C)O4)cc3[nH]2)C1. The highest BCUT2D eigenvalue weighted by molar-refractivity contribution is 6.62. The maximum absolute atomic E-state index is 14.8. The van der Waals surface area contributed by atoms with Crippen molar-refractivity contribution in [3.8, 4) is 0 Å². The van der Waals surface area contributed by atoms with Gasteiger partial charge < -0.3 is 19.0 Å². The molecule has 1 saturated carbocycles. The highest BCUT2D eigenvalue weighted by atomic mass is 19.1. The summed E-state index contributed by atoms with van der Waals surface area (Å²) < 4.78 is 32.4. The Bertz CT molecular complexity index is 835. The van der Waals surface area contributed by atoms with Gasteiger partial charge in [-0.3, -0.25) is 0 Å². The van der Waals surface area contributed by atoms with E-state index in [-0.39, 0.29) is 17.8 Å². The molecule has 5 nitrogen and oxygen atoms in total. The lowest BCUT2D eigenvalue weighted by Gasteiger charge is -2.32. The minimum absolute atomic E-state index is 0.252. The zero-order valence-electron chi connectivity index (χ0n) is 16.8. The van der Waals surface area contributed by atoms with Gasteiger partial charge in [0, 0.05) is 13.0 Å². The van der Waals surface area contributed by atoms with Crippen LogP contribution in [0, 0.1) is 5.82 Å². The molecule has 1 aliphatic carbocycles. The van der Waals surface area contributed by atoms with Crippen molar-refractivity contribution in [3.63, 3.8) is 0 Å². The van der Waals surface area contributed by atoms with Crippen molar-refractivity contribution in [2.75, 3.05) is 7.11 Å². The third-order valence-electron chi connectivity index (χ3n) is 6.45. The molecule has 0 unspecified atom stereocenters. The van der Waals surface area contributed by atoms with Gasteiger partial charge >= 0.3 is 7.12 Å². The van der Waals surface area contributed by atoms with E-state index in [0.29, 0.717) is 16.5 Å². The summed E-state index contributed by atoms with van der Waals surface area (Å²) in [5.74, 6) is 0.770. The Morgan fingerprint density at radius 1 is 1.19 bits per heavy atom. The topological polar surface area (TPSA) is 56.4 Å². The third kappa shape index (κ3) is 3.30. The number of nitrogens with zero attached hydrogens (tertiary/aromatic N) is 1. The number of benzene rings is 1. The van der Waals surface area contributed by atoms with E-state index < -0.39 is 18.3 Å². The Labute approximate surface area is 160 Å². The van der Waals surface area contributed by atoms with E-state index in [2.05, 4.69) is 9.97 Å². The van der Waals surface area contributed by atoms with Crippen LogP contribution in [0.15, 0.2) is 12.1 Å². The average Bonchev–Trinajstić information content (AvgIpc) is 3.14. The number of hydrogen-bond acceptors (Lipinski definition) is 4. The summed E-state index contributed by atoms with van der Waals surface area (Å²) in [6.07, 6.45) is 4.39. The molecule has 2 aromatic rings. The predicted octanol–water partition coefficient (Wildman–Crippen LogP) is 3.67. The number of methoxy groups -OCH3 is 1. The van der Waals surface area contributed by atoms with Crippen molar-refractivity contribution in [1.29, 1.82) is 0 Å². The quantitative estimate of drug-likeness (QED) is 0.833. The molecule has 2 heterocycles. The summed E-state index contributed by atoms with van der Waals surface area (Å²) in [6, 6.07) is 3.38. The smallest absolute Gasteiger partial charge is 0.399 e. The number of aromatic nitrogens is 2. The van der Waals surface area contributed by atoms with E-state index in [9.17, 15) is 4.39 Å². The second-order valence-corrected chi connectivity index (χ2v) is 8.83. The van der Waals surface area contributed by atoms with Crippen LogP contribution in [-0.4, -0.2) is 41.5 Å². The van der Waals surface area contributed by atoms with Gasteiger partial charge in [-0.2, -0.15) is 0 Å². The van der Waals surface area contributed by atoms with Gasteiger partial charge in [0.15, 0.2) is 5.82 Å². The second-order valence-electron chi connectivity index (χ2n) is 8.83. The number of H-pyrrole nitrogens is 1. The molecule has 146 valence electrons. The number of ether oxygens (including phenoxy) is 1. The Hall–Kier alpha value is -1.44. The molecule has 0 amide bonds. The minimum Gasteiger partial charge on any atom is -0.399 e. The van der Waals surface area contributed by atoms with Gasteiger partial charge in [0.05, 0.1) is 22.8 Å². The van der Waals surface area contributed by atoms with Gasteiger partial charge in [-0.15, -0.1) is 0 Å². The fraction of sp³-hybridized carbons (Fsp3) is 0.650. The molecule has 1 saturated heterocycles. The fourth-order valence-corrected chi connectivity index (χ4v) is 4.03. The summed E-state index contributed by atoms with van der Waals surface area (Å²) in [5.41, 5.74) is 0.824. The lowest BCUT2D eigenvalue weighted by atomic mass is 9.79. The number of hydrogen-bond donors (Lipinski definition) is 1. The summed E-state index contributed by atoms with van der Waals surface area (Å²) >= 11 is 0. The Kier molecular flexibility index (Phi) is 4.60. The van der Waals surface area contributed by atoms with Gasteiger partial charge in [0.2, 0.25) is 0 Å². The van der Waals surface area contributed by atoms with Gasteiger partial charge in [0.25, 0.3) is 0 Å². The minimum atomic E-state index is -0.590.